The van der Waals surface area contributed by atoms with E-state index in [1.165, 1.54) is 11.8 Å². The zero-order chi connectivity index (χ0) is 20.9. The lowest BCUT2D eigenvalue weighted by Crippen LogP contribution is -2.27. The second-order valence-corrected chi connectivity index (χ2v) is 7.86. The molecule has 0 saturated heterocycles. The Morgan fingerprint density at radius 3 is 2.63 bits per heavy atom. The van der Waals surface area contributed by atoms with E-state index in [9.17, 15) is 4.79 Å². The smallest absolute Gasteiger partial charge is 0.233 e. The number of ether oxygens (including phenoxy) is 1. The van der Waals surface area contributed by atoms with Crippen molar-refractivity contribution in [2.24, 2.45) is 0 Å². The van der Waals surface area contributed by atoms with Gasteiger partial charge in [-0.2, -0.15) is 0 Å². The maximum Gasteiger partial charge on any atom is 0.233 e. The van der Waals surface area contributed by atoms with Crippen molar-refractivity contribution in [3.05, 3.63) is 72.3 Å². The van der Waals surface area contributed by atoms with E-state index in [1.54, 1.807) is 12.0 Å². The van der Waals surface area contributed by atoms with Gasteiger partial charge in [-0.05, 0) is 34.5 Å². The van der Waals surface area contributed by atoms with E-state index >= 15 is 0 Å². The molecule has 1 N–H and O–H groups in total. The standard InChI is InChI=1S/C23H22N4O2S/c1-27(14-16-8-9-19-13-20(29-2)11-10-18(19)12-16)21(28)15-30-23-24-22(25-26-23)17-6-4-3-5-7-17/h3-13H,14-15H2,1-2H3,(H,24,25,26). The van der Waals surface area contributed by atoms with Gasteiger partial charge in [0.05, 0.1) is 12.9 Å². The lowest BCUT2D eigenvalue weighted by molar-refractivity contribution is -0.127. The summed E-state index contributed by atoms with van der Waals surface area (Å²) in [5, 5.41) is 9.93. The van der Waals surface area contributed by atoms with Gasteiger partial charge in [0.1, 0.15) is 5.75 Å². The number of carbonyl (C=O) groups is 1. The Labute approximate surface area is 179 Å². The van der Waals surface area contributed by atoms with Crippen LogP contribution in [0.3, 0.4) is 0 Å². The van der Waals surface area contributed by atoms with Crippen molar-refractivity contribution in [3.63, 3.8) is 0 Å². The molecule has 3 aromatic carbocycles. The molecule has 0 aliphatic rings. The molecule has 0 aliphatic carbocycles. The van der Waals surface area contributed by atoms with E-state index in [1.807, 2.05) is 61.6 Å². The number of aromatic amines is 1. The molecule has 30 heavy (non-hydrogen) atoms. The number of nitrogens with zero attached hydrogens (tertiary/aromatic N) is 3. The fourth-order valence-corrected chi connectivity index (χ4v) is 3.87. The lowest BCUT2D eigenvalue weighted by Gasteiger charge is -2.17. The van der Waals surface area contributed by atoms with E-state index in [4.69, 9.17) is 4.74 Å². The predicted molar refractivity (Wildman–Crippen MR) is 120 cm³/mol. The van der Waals surface area contributed by atoms with Gasteiger partial charge in [0, 0.05) is 19.2 Å². The summed E-state index contributed by atoms with van der Waals surface area (Å²) in [6.07, 6.45) is 0. The second-order valence-electron chi connectivity index (χ2n) is 6.92. The number of carbonyl (C=O) groups excluding carboxylic acids is 1. The number of thioether (sulfide) groups is 1. The number of benzene rings is 3. The van der Waals surface area contributed by atoms with E-state index in [0.29, 0.717) is 17.5 Å². The predicted octanol–water partition coefficient (Wildman–Crippen LogP) is 4.38. The Kier molecular flexibility index (Phi) is 5.99. The van der Waals surface area contributed by atoms with Crippen LogP contribution in [0.1, 0.15) is 5.56 Å². The van der Waals surface area contributed by atoms with Crippen molar-refractivity contribution in [1.82, 2.24) is 20.1 Å². The molecular formula is C23H22N4O2S. The molecule has 0 saturated carbocycles. The van der Waals surface area contributed by atoms with Gasteiger partial charge in [0.2, 0.25) is 11.1 Å². The highest BCUT2D eigenvalue weighted by molar-refractivity contribution is 7.99. The van der Waals surface area contributed by atoms with Gasteiger partial charge < -0.3 is 9.64 Å². The summed E-state index contributed by atoms with van der Waals surface area (Å²) in [5.41, 5.74) is 2.05. The van der Waals surface area contributed by atoms with Crippen molar-refractivity contribution in [3.8, 4) is 17.1 Å². The van der Waals surface area contributed by atoms with Crippen LogP contribution in [0.15, 0.2) is 71.9 Å². The van der Waals surface area contributed by atoms with E-state index in [2.05, 4.69) is 27.3 Å². The van der Waals surface area contributed by atoms with Gasteiger partial charge in [-0.3, -0.25) is 9.89 Å². The quantitative estimate of drug-likeness (QED) is 0.451. The number of aromatic nitrogens is 3. The number of hydrogen-bond acceptors (Lipinski definition) is 5. The summed E-state index contributed by atoms with van der Waals surface area (Å²) < 4.78 is 5.27. The third kappa shape index (κ3) is 4.63. The molecule has 0 unspecified atom stereocenters. The maximum absolute atomic E-state index is 12.6. The van der Waals surface area contributed by atoms with E-state index < -0.39 is 0 Å². The van der Waals surface area contributed by atoms with E-state index in [-0.39, 0.29) is 11.7 Å². The fraction of sp³-hybridized carbons (Fsp3) is 0.174. The SMILES string of the molecule is COc1ccc2cc(CN(C)C(=O)CSc3n[nH]c(-c4ccccc4)n3)ccc2c1. The number of rotatable bonds is 7. The van der Waals surface area contributed by atoms with Crippen molar-refractivity contribution in [1.29, 1.82) is 0 Å². The summed E-state index contributed by atoms with van der Waals surface area (Å²) in [4.78, 5) is 18.8. The van der Waals surface area contributed by atoms with Crippen LogP contribution in [0.25, 0.3) is 22.2 Å². The van der Waals surface area contributed by atoms with Crippen molar-refractivity contribution in [2.45, 2.75) is 11.7 Å². The normalized spacial score (nSPS) is 10.9. The highest BCUT2D eigenvalue weighted by Gasteiger charge is 2.13. The molecule has 0 spiro atoms. The molecular weight excluding hydrogens is 396 g/mol. The average molecular weight is 419 g/mol. The van der Waals surface area contributed by atoms with Crippen LogP contribution in [0.2, 0.25) is 0 Å². The summed E-state index contributed by atoms with van der Waals surface area (Å²) in [6, 6.07) is 22.0. The van der Waals surface area contributed by atoms with Crippen molar-refractivity contribution in [2.75, 3.05) is 19.9 Å². The second kappa shape index (κ2) is 9.00. The van der Waals surface area contributed by atoms with Crippen LogP contribution in [0.5, 0.6) is 5.75 Å². The van der Waals surface area contributed by atoms with Gasteiger partial charge in [-0.15, -0.1) is 5.10 Å². The molecule has 0 aliphatic heterocycles. The number of H-pyrrole nitrogens is 1. The van der Waals surface area contributed by atoms with Gasteiger partial charge in [0.25, 0.3) is 0 Å². The molecule has 0 atom stereocenters. The van der Waals surface area contributed by atoms with Crippen molar-refractivity contribution >= 4 is 28.4 Å². The molecule has 1 heterocycles. The Morgan fingerprint density at radius 1 is 1.07 bits per heavy atom. The first-order valence-corrected chi connectivity index (χ1v) is 10.5. The highest BCUT2D eigenvalue weighted by Crippen LogP contribution is 2.23. The molecule has 4 rings (SSSR count). The maximum atomic E-state index is 12.6. The molecule has 4 aromatic rings. The molecule has 152 valence electrons. The molecule has 0 fully saturated rings. The molecule has 6 nitrogen and oxygen atoms in total. The van der Waals surface area contributed by atoms with Gasteiger partial charge >= 0.3 is 0 Å². The fourth-order valence-electron chi connectivity index (χ4n) is 3.13. The van der Waals surface area contributed by atoms with Crippen LogP contribution >= 0.6 is 11.8 Å². The van der Waals surface area contributed by atoms with Crippen LogP contribution in [0, 0.1) is 0 Å². The minimum atomic E-state index is 0.0286. The molecule has 7 heteroatoms. The summed E-state index contributed by atoms with van der Waals surface area (Å²) in [7, 11) is 3.48. The third-order valence-electron chi connectivity index (χ3n) is 4.79. The number of fused-ring (bicyclic) bond motifs is 1. The van der Waals surface area contributed by atoms with Crippen molar-refractivity contribution < 1.29 is 9.53 Å². The average Bonchev–Trinajstić information content (AvgIpc) is 3.26. The van der Waals surface area contributed by atoms with Crippen LogP contribution in [-0.4, -0.2) is 45.9 Å². The Morgan fingerprint density at radius 2 is 1.83 bits per heavy atom. The largest absolute Gasteiger partial charge is 0.497 e. The summed E-state index contributed by atoms with van der Waals surface area (Å²) in [6.45, 7) is 0.546. The zero-order valence-corrected chi connectivity index (χ0v) is 17.6. The Bertz CT molecular complexity index is 1160. The lowest BCUT2D eigenvalue weighted by atomic mass is 10.1. The number of methoxy groups -OCH3 is 1. The molecule has 1 aromatic heterocycles. The summed E-state index contributed by atoms with van der Waals surface area (Å²) in [5.74, 6) is 1.85. The first-order chi connectivity index (χ1) is 14.6. The highest BCUT2D eigenvalue weighted by atomic mass is 32.2. The summed E-state index contributed by atoms with van der Waals surface area (Å²) >= 11 is 1.33. The van der Waals surface area contributed by atoms with E-state index in [0.717, 1.165) is 27.6 Å². The monoisotopic (exact) mass is 418 g/mol. The molecule has 0 bridgehead atoms. The van der Waals surface area contributed by atoms with Gasteiger partial charge in [-0.1, -0.05) is 60.3 Å². The minimum absolute atomic E-state index is 0.0286. The Hall–Kier alpha value is -3.32. The van der Waals surface area contributed by atoms with Crippen LogP contribution in [-0.2, 0) is 11.3 Å². The Balaban J connectivity index is 1.35. The topological polar surface area (TPSA) is 71.1 Å². The first-order valence-electron chi connectivity index (χ1n) is 9.53. The zero-order valence-electron chi connectivity index (χ0n) is 16.8. The van der Waals surface area contributed by atoms with Gasteiger partial charge in [0.15, 0.2) is 5.82 Å². The molecule has 0 radical (unpaired) electrons. The number of nitrogens with one attached hydrogen (secondary N) is 1. The van der Waals surface area contributed by atoms with Gasteiger partial charge in [-0.25, -0.2) is 4.98 Å². The third-order valence-corrected chi connectivity index (χ3v) is 5.63. The number of hydrogen-bond donors (Lipinski definition) is 1. The first kappa shape index (κ1) is 20.0. The number of amides is 1. The minimum Gasteiger partial charge on any atom is -0.497 e. The van der Waals surface area contributed by atoms with Crippen LogP contribution < -0.4 is 4.74 Å². The molecule has 1 amide bonds. The van der Waals surface area contributed by atoms with Crippen LogP contribution in [0.4, 0.5) is 0 Å².